The van der Waals surface area contributed by atoms with Crippen LogP contribution in [0.2, 0.25) is 0 Å². The van der Waals surface area contributed by atoms with Gasteiger partial charge < -0.3 is 9.47 Å². The SMILES string of the molecule is COC(=O)[C@H]1C=C[C@H](OC)C1. The Kier molecular flexibility index (Phi) is 2.65. The van der Waals surface area contributed by atoms with E-state index in [0.29, 0.717) is 6.42 Å². The lowest BCUT2D eigenvalue weighted by Gasteiger charge is -2.07. The molecule has 0 saturated heterocycles. The molecule has 0 fully saturated rings. The van der Waals surface area contributed by atoms with Crippen LogP contribution in [-0.4, -0.2) is 26.3 Å². The van der Waals surface area contributed by atoms with E-state index in [9.17, 15) is 4.79 Å². The van der Waals surface area contributed by atoms with Gasteiger partial charge in [-0.2, -0.15) is 0 Å². The smallest absolute Gasteiger partial charge is 0.312 e. The molecule has 0 amide bonds. The Balaban J connectivity index is 2.43. The molecule has 0 bridgehead atoms. The first-order valence-corrected chi connectivity index (χ1v) is 3.57. The summed E-state index contributed by atoms with van der Waals surface area (Å²) in [6, 6.07) is 0. The van der Waals surface area contributed by atoms with Gasteiger partial charge in [0, 0.05) is 7.11 Å². The summed E-state index contributed by atoms with van der Waals surface area (Å²) in [6.45, 7) is 0. The Bertz CT molecular complexity index is 174. The summed E-state index contributed by atoms with van der Waals surface area (Å²) in [5.41, 5.74) is 0. The molecule has 0 heterocycles. The van der Waals surface area contributed by atoms with Crippen LogP contribution in [0.15, 0.2) is 12.2 Å². The van der Waals surface area contributed by atoms with Gasteiger partial charge in [-0.1, -0.05) is 12.2 Å². The molecule has 0 spiro atoms. The van der Waals surface area contributed by atoms with E-state index in [2.05, 4.69) is 4.74 Å². The van der Waals surface area contributed by atoms with Crippen molar-refractivity contribution in [2.75, 3.05) is 14.2 Å². The number of carbonyl (C=O) groups excluding carboxylic acids is 1. The lowest BCUT2D eigenvalue weighted by Crippen LogP contribution is -2.15. The van der Waals surface area contributed by atoms with Gasteiger partial charge in [0.2, 0.25) is 0 Å². The molecule has 1 aliphatic carbocycles. The maximum Gasteiger partial charge on any atom is 0.312 e. The van der Waals surface area contributed by atoms with Gasteiger partial charge >= 0.3 is 5.97 Å². The van der Waals surface area contributed by atoms with Crippen molar-refractivity contribution in [3.05, 3.63) is 12.2 Å². The van der Waals surface area contributed by atoms with Crippen LogP contribution in [0, 0.1) is 5.92 Å². The second-order valence-corrected chi connectivity index (χ2v) is 2.52. The molecule has 2 atom stereocenters. The number of methoxy groups -OCH3 is 2. The highest BCUT2D eigenvalue weighted by Crippen LogP contribution is 2.20. The Morgan fingerprint density at radius 1 is 1.45 bits per heavy atom. The molecule has 0 aromatic rings. The highest BCUT2D eigenvalue weighted by molar-refractivity contribution is 5.75. The molecule has 0 unspecified atom stereocenters. The van der Waals surface area contributed by atoms with E-state index < -0.39 is 0 Å². The van der Waals surface area contributed by atoms with Gasteiger partial charge in [0.1, 0.15) is 0 Å². The number of carbonyl (C=O) groups is 1. The van der Waals surface area contributed by atoms with Crippen molar-refractivity contribution in [1.29, 1.82) is 0 Å². The van der Waals surface area contributed by atoms with Gasteiger partial charge in [0.25, 0.3) is 0 Å². The summed E-state index contributed by atoms with van der Waals surface area (Å²) in [5.74, 6) is -0.286. The fourth-order valence-electron chi connectivity index (χ4n) is 1.17. The summed E-state index contributed by atoms with van der Waals surface area (Å²) in [5, 5.41) is 0. The molecular formula is C8H12O3. The normalized spacial score (nSPS) is 28.9. The Labute approximate surface area is 66.0 Å². The van der Waals surface area contributed by atoms with E-state index in [1.165, 1.54) is 7.11 Å². The highest BCUT2D eigenvalue weighted by Gasteiger charge is 2.24. The van der Waals surface area contributed by atoms with E-state index >= 15 is 0 Å². The summed E-state index contributed by atoms with van der Waals surface area (Å²) in [7, 11) is 3.03. The van der Waals surface area contributed by atoms with E-state index in [-0.39, 0.29) is 18.0 Å². The topological polar surface area (TPSA) is 35.5 Å². The average Bonchev–Trinajstić information content (AvgIpc) is 2.50. The van der Waals surface area contributed by atoms with Crippen LogP contribution >= 0.6 is 0 Å². The van der Waals surface area contributed by atoms with Crippen molar-refractivity contribution in [3.8, 4) is 0 Å². The fourth-order valence-corrected chi connectivity index (χ4v) is 1.17. The molecule has 3 heteroatoms. The average molecular weight is 156 g/mol. The first-order chi connectivity index (χ1) is 5.27. The lowest BCUT2D eigenvalue weighted by atomic mass is 10.1. The summed E-state index contributed by atoms with van der Waals surface area (Å²) in [6.07, 6.45) is 4.52. The van der Waals surface area contributed by atoms with E-state index in [1.807, 2.05) is 12.2 Å². The third kappa shape index (κ3) is 1.80. The summed E-state index contributed by atoms with van der Waals surface area (Å²) in [4.78, 5) is 10.9. The maximum atomic E-state index is 10.9. The minimum atomic E-state index is -0.180. The van der Waals surface area contributed by atoms with Crippen molar-refractivity contribution >= 4 is 5.97 Å². The van der Waals surface area contributed by atoms with Crippen molar-refractivity contribution < 1.29 is 14.3 Å². The predicted octanol–water partition coefficient (Wildman–Crippen LogP) is 0.750. The Hall–Kier alpha value is -0.830. The largest absolute Gasteiger partial charge is 0.469 e. The molecule has 0 saturated carbocycles. The summed E-state index contributed by atoms with van der Waals surface area (Å²) < 4.78 is 9.62. The third-order valence-corrected chi connectivity index (χ3v) is 1.85. The molecule has 62 valence electrons. The highest BCUT2D eigenvalue weighted by atomic mass is 16.5. The number of esters is 1. The van der Waals surface area contributed by atoms with Crippen molar-refractivity contribution in [2.45, 2.75) is 12.5 Å². The lowest BCUT2D eigenvalue weighted by molar-refractivity contribution is -0.144. The van der Waals surface area contributed by atoms with Gasteiger partial charge in [0.15, 0.2) is 0 Å². The maximum absolute atomic E-state index is 10.9. The van der Waals surface area contributed by atoms with Crippen LogP contribution in [0.4, 0.5) is 0 Å². The molecule has 0 aliphatic heterocycles. The Morgan fingerprint density at radius 2 is 2.18 bits per heavy atom. The van der Waals surface area contributed by atoms with Crippen molar-refractivity contribution in [1.82, 2.24) is 0 Å². The second kappa shape index (κ2) is 3.53. The number of hydrogen-bond acceptors (Lipinski definition) is 3. The van der Waals surface area contributed by atoms with Crippen LogP contribution in [0.25, 0.3) is 0 Å². The molecule has 0 radical (unpaired) electrons. The molecule has 0 N–H and O–H groups in total. The minimum absolute atomic E-state index is 0.0825. The molecule has 3 nitrogen and oxygen atoms in total. The Morgan fingerprint density at radius 3 is 2.64 bits per heavy atom. The molecule has 0 aromatic heterocycles. The molecule has 1 rings (SSSR count). The van der Waals surface area contributed by atoms with Gasteiger partial charge in [-0.25, -0.2) is 0 Å². The zero-order chi connectivity index (χ0) is 8.27. The molecule has 11 heavy (non-hydrogen) atoms. The molecular weight excluding hydrogens is 144 g/mol. The first-order valence-electron chi connectivity index (χ1n) is 3.57. The summed E-state index contributed by atoms with van der Waals surface area (Å²) >= 11 is 0. The van der Waals surface area contributed by atoms with E-state index in [0.717, 1.165) is 0 Å². The van der Waals surface area contributed by atoms with Gasteiger partial charge in [-0.05, 0) is 6.42 Å². The fraction of sp³-hybridized carbons (Fsp3) is 0.625. The first kappa shape index (κ1) is 8.27. The van der Waals surface area contributed by atoms with Crippen LogP contribution < -0.4 is 0 Å². The van der Waals surface area contributed by atoms with Gasteiger partial charge in [-0.3, -0.25) is 4.79 Å². The standard InChI is InChI=1S/C8H12O3/c1-10-7-4-3-6(5-7)8(9)11-2/h3-4,6-7H,5H2,1-2H3/t6-,7-/m0/s1. The van der Waals surface area contributed by atoms with E-state index in [1.54, 1.807) is 7.11 Å². The number of rotatable bonds is 2. The third-order valence-electron chi connectivity index (χ3n) is 1.85. The van der Waals surface area contributed by atoms with Gasteiger partial charge in [0.05, 0.1) is 19.1 Å². The number of hydrogen-bond donors (Lipinski definition) is 0. The van der Waals surface area contributed by atoms with Crippen molar-refractivity contribution in [2.24, 2.45) is 5.92 Å². The molecule has 1 aliphatic rings. The van der Waals surface area contributed by atoms with Crippen LogP contribution in [0.5, 0.6) is 0 Å². The molecule has 0 aromatic carbocycles. The second-order valence-electron chi connectivity index (χ2n) is 2.52. The quantitative estimate of drug-likeness (QED) is 0.437. The predicted molar refractivity (Wildman–Crippen MR) is 40.1 cm³/mol. The van der Waals surface area contributed by atoms with Gasteiger partial charge in [-0.15, -0.1) is 0 Å². The number of ether oxygens (including phenoxy) is 2. The monoisotopic (exact) mass is 156 g/mol. The minimum Gasteiger partial charge on any atom is -0.469 e. The zero-order valence-electron chi connectivity index (χ0n) is 6.74. The zero-order valence-corrected chi connectivity index (χ0v) is 6.74. The van der Waals surface area contributed by atoms with E-state index in [4.69, 9.17) is 4.74 Å². The van der Waals surface area contributed by atoms with Crippen LogP contribution in [0.1, 0.15) is 6.42 Å². The van der Waals surface area contributed by atoms with Crippen LogP contribution in [-0.2, 0) is 14.3 Å². The van der Waals surface area contributed by atoms with Crippen molar-refractivity contribution in [3.63, 3.8) is 0 Å². The van der Waals surface area contributed by atoms with Crippen LogP contribution in [0.3, 0.4) is 0 Å².